The third kappa shape index (κ3) is 2.08. The molecule has 0 bridgehead atoms. The zero-order chi connectivity index (χ0) is 18.4. The van der Waals surface area contributed by atoms with E-state index >= 15 is 0 Å². The smallest absolute Gasteiger partial charge is 0.352 e. The number of aromatic nitrogens is 3. The summed E-state index contributed by atoms with van der Waals surface area (Å²) in [5.74, 6) is -1.01. The highest BCUT2D eigenvalue weighted by Gasteiger charge is 2.22. The minimum atomic E-state index is -1.40. The Labute approximate surface area is 145 Å². The molecule has 3 heterocycles. The van der Waals surface area contributed by atoms with E-state index in [1.807, 2.05) is 18.2 Å². The lowest BCUT2D eigenvalue weighted by atomic mass is 10.1. The lowest BCUT2D eigenvalue weighted by Gasteiger charge is -2.09. The number of rotatable bonds is 2. The van der Waals surface area contributed by atoms with Crippen molar-refractivity contribution in [2.45, 2.75) is 6.92 Å². The Bertz CT molecular complexity index is 1300. The van der Waals surface area contributed by atoms with Crippen molar-refractivity contribution in [2.75, 3.05) is 0 Å². The minimum absolute atomic E-state index is 0.0929. The fraction of sp³-hybridized carbons (Fsp3) is 0.0556. The number of nitrogens with zero attached hydrogens (tertiary/aromatic N) is 4. The van der Waals surface area contributed by atoms with Gasteiger partial charge in [0.25, 0.3) is 0 Å². The van der Waals surface area contributed by atoms with E-state index in [9.17, 15) is 20.0 Å². The molecule has 0 amide bonds. The van der Waals surface area contributed by atoms with E-state index in [0.717, 1.165) is 0 Å². The molecule has 0 aliphatic carbocycles. The van der Waals surface area contributed by atoms with Gasteiger partial charge in [-0.3, -0.25) is 0 Å². The number of fused-ring (bicyclic) bond motifs is 3. The molecule has 0 radical (unpaired) electrons. The summed E-state index contributed by atoms with van der Waals surface area (Å²) >= 11 is 0. The second kappa shape index (κ2) is 5.53. The van der Waals surface area contributed by atoms with Gasteiger partial charge in [-0.05, 0) is 18.6 Å². The molecule has 0 unspecified atom stereocenters. The number of aromatic carboxylic acids is 1. The van der Waals surface area contributed by atoms with Gasteiger partial charge < -0.3 is 9.52 Å². The summed E-state index contributed by atoms with van der Waals surface area (Å²) in [7, 11) is 0. The van der Waals surface area contributed by atoms with Crippen LogP contribution in [0.3, 0.4) is 0 Å². The number of benzene rings is 1. The van der Waals surface area contributed by atoms with Gasteiger partial charge in [0, 0.05) is 10.9 Å². The van der Waals surface area contributed by atoms with Crippen LogP contribution in [-0.2, 0) is 0 Å². The molecule has 126 valence electrons. The maximum Gasteiger partial charge on any atom is 0.352 e. The lowest BCUT2D eigenvalue weighted by Crippen LogP contribution is -2.14. The summed E-state index contributed by atoms with van der Waals surface area (Å²) in [6, 6.07) is 12.4. The average molecular weight is 346 g/mol. The Morgan fingerprint density at radius 2 is 2.00 bits per heavy atom. The van der Waals surface area contributed by atoms with Crippen molar-refractivity contribution in [2.24, 2.45) is 0 Å². The van der Waals surface area contributed by atoms with Crippen molar-refractivity contribution in [3.8, 4) is 17.5 Å². The molecule has 4 rings (SSSR count). The summed E-state index contributed by atoms with van der Waals surface area (Å²) in [5.41, 5.74) is 0.254. The molecule has 3 aromatic heterocycles. The minimum Gasteiger partial charge on any atom is -0.477 e. The molecule has 1 N–H and O–H groups in total. The lowest BCUT2D eigenvalue weighted by molar-refractivity contribution is 0.0692. The van der Waals surface area contributed by atoms with Crippen LogP contribution in [-0.4, -0.2) is 25.7 Å². The Morgan fingerprint density at radius 1 is 1.27 bits per heavy atom. The van der Waals surface area contributed by atoms with Crippen molar-refractivity contribution in [1.82, 2.24) is 14.6 Å². The summed E-state index contributed by atoms with van der Waals surface area (Å²) in [5, 5.41) is 27.3. The van der Waals surface area contributed by atoms with E-state index in [0.29, 0.717) is 22.3 Å². The second-order valence-corrected chi connectivity index (χ2v) is 5.63. The molecule has 8 heteroatoms. The molecule has 0 aliphatic rings. The number of carboxylic acids is 1. The number of pyridine rings is 1. The molecule has 1 aromatic carbocycles. The summed E-state index contributed by atoms with van der Waals surface area (Å²) in [6.45, 7) is 1.64. The molecule has 0 spiro atoms. The van der Waals surface area contributed by atoms with Gasteiger partial charge in [-0.15, -0.1) is 10.2 Å². The Hall–Kier alpha value is -3.99. The van der Waals surface area contributed by atoms with E-state index in [4.69, 9.17) is 4.42 Å². The van der Waals surface area contributed by atoms with Crippen LogP contribution < -0.4 is 5.63 Å². The van der Waals surface area contributed by atoms with Gasteiger partial charge >= 0.3 is 11.6 Å². The Morgan fingerprint density at radius 3 is 2.65 bits per heavy atom. The van der Waals surface area contributed by atoms with E-state index in [1.165, 1.54) is 10.5 Å². The van der Waals surface area contributed by atoms with Gasteiger partial charge in [-0.25, -0.2) is 14.0 Å². The molecular formula is C18H10N4O4. The number of hydrogen-bond acceptors (Lipinski definition) is 6. The first-order valence-electron chi connectivity index (χ1n) is 7.57. The number of nitriles is 1. The first-order chi connectivity index (χ1) is 12.5. The highest BCUT2D eigenvalue weighted by molar-refractivity contribution is 5.94. The van der Waals surface area contributed by atoms with Crippen LogP contribution in [0.5, 0.6) is 0 Å². The highest BCUT2D eigenvalue weighted by atomic mass is 16.4. The van der Waals surface area contributed by atoms with Crippen LogP contribution in [0.1, 0.15) is 21.5 Å². The maximum absolute atomic E-state index is 12.1. The first kappa shape index (κ1) is 15.5. The number of carbonyl (C=O) groups is 1. The molecule has 4 aromatic rings. The van der Waals surface area contributed by atoms with Crippen molar-refractivity contribution in [3.63, 3.8) is 0 Å². The molecule has 0 saturated carbocycles. The summed E-state index contributed by atoms with van der Waals surface area (Å²) < 4.78 is 6.77. The molecule has 0 fully saturated rings. The van der Waals surface area contributed by atoms with Crippen molar-refractivity contribution >= 4 is 22.7 Å². The summed E-state index contributed by atoms with van der Waals surface area (Å²) in [6.07, 6.45) is 0. The highest BCUT2D eigenvalue weighted by Crippen LogP contribution is 2.29. The van der Waals surface area contributed by atoms with E-state index in [1.54, 1.807) is 19.1 Å². The maximum atomic E-state index is 12.1. The zero-order valence-electron chi connectivity index (χ0n) is 13.4. The molecule has 0 atom stereocenters. The number of hydrogen-bond donors (Lipinski definition) is 1. The normalized spacial score (nSPS) is 10.9. The van der Waals surface area contributed by atoms with Crippen LogP contribution in [0.2, 0.25) is 0 Å². The molecule has 8 nitrogen and oxygen atoms in total. The van der Waals surface area contributed by atoms with Crippen molar-refractivity contribution in [1.29, 1.82) is 5.26 Å². The van der Waals surface area contributed by atoms with Gasteiger partial charge in [0.15, 0.2) is 11.5 Å². The van der Waals surface area contributed by atoms with Crippen LogP contribution in [0, 0.1) is 18.3 Å². The third-order valence-electron chi connectivity index (χ3n) is 4.17. The van der Waals surface area contributed by atoms with Gasteiger partial charge in [-0.1, -0.05) is 30.3 Å². The third-order valence-corrected chi connectivity index (χ3v) is 4.17. The standard InChI is InChI=1S/C18H10N4O4/c1-9-11-7-12(17(23)24)18(25)26-16(11)22-14(10-5-3-2-4-6-10)20-21-15(22)13(9)8-19/h2-7H,1H3,(H,23,24). The van der Waals surface area contributed by atoms with Crippen LogP contribution in [0.15, 0.2) is 45.6 Å². The fourth-order valence-corrected chi connectivity index (χ4v) is 2.90. The fourth-order valence-electron chi connectivity index (χ4n) is 2.90. The van der Waals surface area contributed by atoms with E-state index in [2.05, 4.69) is 16.3 Å². The van der Waals surface area contributed by atoms with Crippen LogP contribution in [0.4, 0.5) is 0 Å². The molecular weight excluding hydrogens is 336 g/mol. The Kier molecular flexibility index (Phi) is 3.30. The van der Waals surface area contributed by atoms with E-state index < -0.39 is 17.2 Å². The quantitative estimate of drug-likeness (QED) is 0.591. The molecule has 0 aliphatic heterocycles. The predicted molar refractivity (Wildman–Crippen MR) is 90.9 cm³/mol. The topological polar surface area (TPSA) is 121 Å². The monoisotopic (exact) mass is 346 g/mol. The number of aryl methyl sites for hydroxylation is 1. The van der Waals surface area contributed by atoms with Crippen LogP contribution in [0.25, 0.3) is 28.1 Å². The largest absolute Gasteiger partial charge is 0.477 e. The van der Waals surface area contributed by atoms with Gasteiger partial charge in [0.05, 0.1) is 0 Å². The molecule has 0 saturated heterocycles. The van der Waals surface area contributed by atoms with Gasteiger partial charge in [0.2, 0.25) is 5.71 Å². The Balaban J connectivity index is 2.25. The summed E-state index contributed by atoms with van der Waals surface area (Å²) in [4.78, 5) is 23.4. The SMILES string of the molecule is Cc1c(C#N)c2nnc(-c3ccccc3)n2c2oc(=O)c(C(=O)O)cc12. The van der Waals surface area contributed by atoms with Gasteiger partial charge in [0.1, 0.15) is 17.2 Å². The first-order valence-corrected chi connectivity index (χ1v) is 7.57. The molecule has 26 heavy (non-hydrogen) atoms. The number of carboxylic acid groups (broad SMARTS) is 1. The van der Waals surface area contributed by atoms with Crippen LogP contribution >= 0.6 is 0 Å². The van der Waals surface area contributed by atoms with Gasteiger partial charge in [-0.2, -0.15) is 5.26 Å². The predicted octanol–water partition coefficient (Wildman–Crippen LogP) is 2.38. The van der Waals surface area contributed by atoms with Crippen molar-refractivity contribution in [3.05, 3.63) is 63.5 Å². The zero-order valence-corrected chi connectivity index (χ0v) is 13.4. The van der Waals surface area contributed by atoms with Crippen molar-refractivity contribution < 1.29 is 14.3 Å². The average Bonchev–Trinajstić information content (AvgIpc) is 3.07. The van der Waals surface area contributed by atoms with E-state index in [-0.39, 0.29) is 16.9 Å². The second-order valence-electron chi connectivity index (χ2n) is 5.63.